The van der Waals surface area contributed by atoms with Crippen LogP contribution in [0.5, 0.6) is 11.5 Å². The number of ether oxygens (including phenoxy) is 2. The first kappa shape index (κ1) is 22.5. The summed E-state index contributed by atoms with van der Waals surface area (Å²) < 4.78 is 11.0. The number of allylic oxidation sites excluding steroid dienone is 2. The summed E-state index contributed by atoms with van der Waals surface area (Å²) in [4.78, 5) is 54.7. The maximum Gasteiger partial charge on any atom is 0.316 e. The Morgan fingerprint density at radius 2 is 1.64 bits per heavy atom. The smallest absolute Gasteiger partial charge is 0.316 e. The molecule has 3 fully saturated rings. The summed E-state index contributed by atoms with van der Waals surface area (Å²) in [6.07, 6.45) is 5.06. The van der Waals surface area contributed by atoms with E-state index < -0.39 is 11.9 Å². The van der Waals surface area contributed by atoms with Gasteiger partial charge in [-0.15, -0.1) is 0 Å². The van der Waals surface area contributed by atoms with Crippen LogP contribution in [0.15, 0.2) is 54.6 Å². The lowest BCUT2D eigenvalue weighted by Gasteiger charge is -2.20. The first-order valence-electron chi connectivity index (χ1n) is 12.2. The Hall–Kier alpha value is -3.94. The minimum Gasteiger partial charge on any atom is -0.495 e. The largest absolute Gasteiger partial charge is 0.495 e. The second kappa shape index (κ2) is 8.33. The Balaban J connectivity index is 1.16. The van der Waals surface area contributed by atoms with E-state index in [1.54, 1.807) is 42.2 Å². The average molecular weight is 487 g/mol. The number of fused-ring (bicyclic) bond motifs is 5. The van der Waals surface area contributed by atoms with Gasteiger partial charge in [0.1, 0.15) is 11.5 Å². The molecule has 184 valence electrons. The van der Waals surface area contributed by atoms with E-state index in [9.17, 15) is 19.2 Å². The topological polar surface area (TPSA) is 93.2 Å². The summed E-state index contributed by atoms with van der Waals surface area (Å²) in [5.74, 6) is -0.955. The van der Waals surface area contributed by atoms with E-state index in [0.29, 0.717) is 28.4 Å². The lowest BCUT2D eigenvalue weighted by atomic mass is 9.85. The fourth-order valence-corrected chi connectivity index (χ4v) is 6.23. The average Bonchev–Trinajstić information content (AvgIpc) is 3.63. The van der Waals surface area contributed by atoms with E-state index in [1.165, 1.54) is 12.0 Å². The van der Waals surface area contributed by atoms with Gasteiger partial charge in [0, 0.05) is 13.0 Å². The van der Waals surface area contributed by atoms with E-state index >= 15 is 0 Å². The van der Waals surface area contributed by atoms with Gasteiger partial charge in [-0.2, -0.15) is 0 Å². The van der Waals surface area contributed by atoms with Crippen molar-refractivity contribution in [1.29, 1.82) is 0 Å². The van der Waals surface area contributed by atoms with Crippen LogP contribution >= 0.6 is 0 Å². The molecule has 3 amide bonds. The molecule has 2 saturated heterocycles. The third-order valence-electron chi connectivity index (χ3n) is 7.93. The molecule has 2 aliphatic heterocycles. The monoisotopic (exact) mass is 486 g/mol. The number of esters is 1. The van der Waals surface area contributed by atoms with Crippen LogP contribution in [-0.2, 0) is 19.2 Å². The normalized spacial score (nSPS) is 28.3. The molecule has 0 radical (unpaired) electrons. The van der Waals surface area contributed by atoms with Crippen LogP contribution < -0.4 is 19.3 Å². The first-order chi connectivity index (χ1) is 17.4. The second-order valence-electron chi connectivity index (χ2n) is 9.96. The second-order valence-corrected chi connectivity index (χ2v) is 9.96. The van der Waals surface area contributed by atoms with Crippen molar-refractivity contribution >= 4 is 35.1 Å². The van der Waals surface area contributed by atoms with Crippen LogP contribution in [0, 0.1) is 36.5 Å². The summed E-state index contributed by atoms with van der Waals surface area (Å²) in [6.45, 7) is 1.99. The summed E-state index contributed by atoms with van der Waals surface area (Å²) in [5.41, 5.74) is 1.81. The van der Waals surface area contributed by atoms with Crippen LogP contribution in [-0.4, -0.2) is 37.3 Å². The third-order valence-corrected chi connectivity index (χ3v) is 7.93. The van der Waals surface area contributed by atoms with Gasteiger partial charge < -0.3 is 14.4 Å². The summed E-state index contributed by atoms with van der Waals surface area (Å²) in [7, 11) is 1.54. The molecule has 2 aromatic rings. The van der Waals surface area contributed by atoms with Gasteiger partial charge in [0.25, 0.3) is 0 Å². The molecule has 0 unspecified atom stereocenters. The molecule has 0 spiro atoms. The summed E-state index contributed by atoms with van der Waals surface area (Å²) >= 11 is 0. The molecule has 2 bridgehead atoms. The number of carbonyl (C=O) groups excluding carboxylic acids is 4. The maximum atomic E-state index is 13.1. The minimum atomic E-state index is -0.619. The van der Waals surface area contributed by atoms with Crippen LogP contribution in [0.4, 0.5) is 11.4 Å². The highest BCUT2D eigenvalue weighted by atomic mass is 16.5. The Morgan fingerprint density at radius 1 is 0.944 bits per heavy atom. The van der Waals surface area contributed by atoms with Gasteiger partial charge in [-0.3, -0.25) is 19.2 Å². The van der Waals surface area contributed by atoms with E-state index in [0.717, 1.165) is 6.42 Å². The number of hydrogen-bond donors (Lipinski definition) is 0. The van der Waals surface area contributed by atoms with Crippen molar-refractivity contribution < 1.29 is 28.7 Å². The lowest BCUT2D eigenvalue weighted by molar-refractivity contribution is -0.139. The number of anilines is 2. The molecule has 0 aromatic heterocycles. The third kappa shape index (κ3) is 3.35. The number of amides is 3. The number of para-hydroxylation sites is 2. The van der Waals surface area contributed by atoms with Crippen LogP contribution in [0.25, 0.3) is 0 Å². The molecule has 2 aromatic carbocycles. The quantitative estimate of drug-likeness (QED) is 0.279. The van der Waals surface area contributed by atoms with Crippen molar-refractivity contribution in [2.75, 3.05) is 23.5 Å². The molecular formula is C28H26N2O6. The van der Waals surface area contributed by atoms with Gasteiger partial charge in [-0.1, -0.05) is 24.3 Å². The van der Waals surface area contributed by atoms with E-state index in [2.05, 4.69) is 12.2 Å². The molecule has 0 N–H and O–H groups in total. The van der Waals surface area contributed by atoms with Gasteiger partial charge in [-0.05, 0) is 61.1 Å². The Morgan fingerprint density at radius 3 is 2.31 bits per heavy atom. The molecule has 36 heavy (non-hydrogen) atoms. The standard InChI is InChI=1S/C28H26N2O6/c1-15-11-19(9-10-20(15)30-26(32)24-16-7-8-17(12-16)25(24)27(30)33)36-28(34)18-13-23(31)29(14-18)21-5-3-4-6-22(21)35-2/h3-11,16-18,24-25H,12-14H2,1-2H3/t16-,17-,18-,24-,25+/m0/s1. The van der Waals surface area contributed by atoms with Gasteiger partial charge >= 0.3 is 5.97 Å². The van der Waals surface area contributed by atoms with Crippen LogP contribution in [0.2, 0.25) is 0 Å². The summed E-state index contributed by atoms with van der Waals surface area (Å²) in [5, 5.41) is 0. The van der Waals surface area contributed by atoms with E-state index in [-0.39, 0.29) is 54.4 Å². The van der Waals surface area contributed by atoms with Gasteiger partial charge in [0.2, 0.25) is 17.7 Å². The van der Waals surface area contributed by atoms with Crippen molar-refractivity contribution in [3.05, 3.63) is 60.2 Å². The Bertz CT molecular complexity index is 1300. The fraction of sp³-hybridized carbons (Fsp3) is 0.357. The van der Waals surface area contributed by atoms with Crippen molar-refractivity contribution in [1.82, 2.24) is 0 Å². The first-order valence-corrected chi connectivity index (χ1v) is 12.2. The van der Waals surface area contributed by atoms with Gasteiger partial charge in [0.05, 0.1) is 36.2 Å². The summed E-state index contributed by atoms with van der Waals surface area (Å²) in [6, 6.07) is 12.1. The van der Waals surface area contributed by atoms with Crippen molar-refractivity contribution in [3.63, 3.8) is 0 Å². The van der Waals surface area contributed by atoms with Crippen LogP contribution in [0.1, 0.15) is 18.4 Å². The molecule has 4 aliphatic rings. The van der Waals surface area contributed by atoms with Crippen molar-refractivity contribution in [2.45, 2.75) is 19.8 Å². The zero-order valence-electron chi connectivity index (χ0n) is 20.0. The predicted molar refractivity (Wildman–Crippen MR) is 130 cm³/mol. The number of benzene rings is 2. The molecule has 8 heteroatoms. The number of aryl methyl sites for hydroxylation is 1. The Kier molecular flexibility index (Phi) is 5.21. The molecule has 1 saturated carbocycles. The molecule has 8 nitrogen and oxygen atoms in total. The minimum absolute atomic E-state index is 0.0455. The van der Waals surface area contributed by atoms with Crippen LogP contribution in [0.3, 0.4) is 0 Å². The zero-order valence-corrected chi connectivity index (χ0v) is 20.0. The number of carbonyl (C=O) groups is 4. The number of rotatable bonds is 5. The number of methoxy groups -OCH3 is 1. The number of imide groups is 1. The molecule has 2 aliphatic carbocycles. The van der Waals surface area contributed by atoms with Crippen molar-refractivity contribution in [3.8, 4) is 11.5 Å². The Labute approximate surface area is 208 Å². The number of hydrogen-bond acceptors (Lipinski definition) is 6. The van der Waals surface area contributed by atoms with Gasteiger partial charge in [0.15, 0.2) is 0 Å². The molecule has 5 atom stereocenters. The lowest BCUT2D eigenvalue weighted by Crippen LogP contribution is -2.33. The highest BCUT2D eigenvalue weighted by Crippen LogP contribution is 2.53. The molecule has 2 heterocycles. The molecular weight excluding hydrogens is 460 g/mol. The van der Waals surface area contributed by atoms with E-state index in [4.69, 9.17) is 9.47 Å². The SMILES string of the molecule is COc1ccccc1N1C[C@@H](C(=O)Oc2ccc(N3C(=O)[C@@H]4[C@H](C3=O)[C@H]3C=C[C@H]4C3)c(C)c2)CC1=O. The zero-order chi connectivity index (χ0) is 25.1. The predicted octanol–water partition coefficient (Wildman–Crippen LogP) is 3.27. The highest BCUT2D eigenvalue weighted by molar-refractivity contribution is 6.23. The molecule has 6 rings (SSSR count). The van der Waals surface area contributed by atoms with Crippen molar-refractivity contribution in [2.24, 2.45) is 29.6 Å². The van der Waals surface area contributed by atoms with Gasteiger partial charge in [-0.25, -0.2) is 4.90 Å². The number of nitrogens with zero attached hydrogens (tertiary/aromatic N) is 2. The van der Waals surface area contributed by atoms with E-state index in [1.807, 2.05) is 12.1 Å². The fourth-order valence-electron chi connectivity index (χ4n) is 6.23. The maximum absolute atomic E-state index is 13.1. The highest BCUT2D eigenvalue weighted by Gasteiger charge is 2.59.